The highest BCUT2D eigenvalue weighted by molar-refractivity contribution is 5.81. The standard InChI is InChI=1S/C19H23N2/c1-20(2)15-14-19(21(3)4)18-12-10-17(11-13-18)16-8-6-5-7-9-16/h5-15H,1-4H3/q+1. The van der Waals surface area contributed by atoms with Crippen molar-refractivity contribution in [1.82, 2.24) is 4.90 Å². The molecule has 0 bridgehead atoms. The molecule has 0 saturated carbocycles. The lowest BCUT2D eigenvalue weighted by atomic mass is 10.0. The van der Waals surface area contributed by atoms with Gasteiger partial charge in [0.1, 0.15) is 14.1 Å². The van der Waals surface area contributed by atoms with Crippen molar-refractivity contribution < 1.29 is 4.58 Å². The zero-order valence-corrected chi connectivity index (χ0v) is 13.2. The van der Waals surface area contributed by atoms with Gasteiger partial charge in [-0.2, -0.15) is 0 Å². The fourth-order valence-corrected chi connectivity index (χ4v) is 2.19. The van der Waals surface area contributed by atoms with Crippen LogP contribution in [0, 0.1) is 0 Å². The van der Waals surface area contributed by atoms with Crippen LogP contribution in [0.25, 0.3) is 16.8 Å². The number of hydrogen-bond donors (Lipinski definition) is 0. The fraction of sp³-hybridized carbons (Fsp3) is 0.211. The maximum absolute atomic E-state index is 2.18. The third-order valence-electron chi connectivity index (χ3n) is 3.30. The Kier molecular flexibility index (Phi) is 4.94. The molecule has 2 aromatic rings. The lowest BCUT2D eigenvalue weighted by molar-refractivity contribution is -0.458. The van der Waals surface area contributed by atoms with Crippen LogP contribution < -0.4 is 0 Å². The SMILES string of the molecule is CN(C)/C(=C/C=[N+](C)C)c1ccc(-c2ccccc2)cc1. The Morgan fingerprint density at radius 3 is 1.95 bits per heavy atom. The summed E-state index contributed by atoms with van der Waals surface area (Å²) in [6.07, 6.45) is 4.21. The molecule has 0 aromatic heterocycles. The molecule has 0 spiro atoms. The van der Waals surface area contributed by atoms with Gasteiger partial charge < -0.3 is 4.90 Å². The summed E-state index contributed by atoms with van der Waals surface area (Å²) in [5.41, 5.74) is 4.91. The van der Waals surface area contributed by atoms with Gasteiger partial charge in [-0.05, 0) is 16.7 Å². The van der Waals surface area contributed by atoms with Crippen LogP contribution in [0.3, 0.4) is 0 Å². The molecule has 0 amide bonds. The Morgan fingerprint density at radius 1 is 0.857 bits per heavy atom. The van der Waals surface area contributed by atoms with Crippen LogP contribution in [0.15, 0.2) is 60.7 Å². The molecule has 0 heterocycles. The van der Waals surface area contributed by atoms with Crippen molar-refractivity contribution in [2.75, 3.05) is 28.2 Å². The normalized spacial score (nSPS) is 11.1. The quantitative estimate of drug-likeness (QED) is 0.612. The molecule has 2 nitrogen and oxygen atoms in total. The van der Waals surface area contributed by atoms with Crippen LogP contribution in [0.1, 0.15) is 5.56 Å². The molecule has 0 aliphatic rings. The molecular weight excluding hydrogens is 256 g/mol. The highest BCUT2D eigenvalue weighted by Crippen LogP contribution is 2.23. The molecule has 108 valence electrons. The zero-order valence-electron chi connectivity index (χ0n) is 13.2. The van der Waals surface area contributed by atoms with Crippen molar-refractivity contribution in [1.29, 1.82) is 0 Å². The van der Waals surface area contributed by atoms with Gasteiger partial charge in [0.15, 0.2) is 6.21 Å². The van der Waals surface area contributed by atoms with Gasteiger partial charge in [-0.3, -0.25) is 0 Å². The van der Waals surface area contributed by atoms with Gasteiger partial charge >= 0.3 is 0 Å². The predicted octanol–water partition coefficient (Wildman–Crippen LogP) is 3.60. The van der Waals surface area contributed by atoms with Crippen molar-refractivity contribution in [2.24, 2.45) is 0 Å². The summed E-state index contributed by atoms with van der Waals surface area (Å²) in [7, 11) is 8.20. The van der Waals surface area contributed by atoms with Gasteiger partial charge in [0.05, 0.1) is 0 Å². The van der Waals surface area contributed by atoms with E-state index in [1.807, 2.05) is 24.7 Å². The predicted molar refractivity (Wildman–Crippen MR) is 91.7 cm³/mol. The summed E-state index contributed by atoms with van der Waals surface area (Å²) in [6, 6.07) is 19.2. The summed E-state index contributed by atoms with van der Waals surface area (Å²) in [6.45, 7) is 0. The molecule has 0 unspecified atom stereocenters. The molecule has 0 fully saturated rings. The van der Waals surface area contributed by atoms with Crippen molar-refractivity contribution in [2.45, 2.75) is 0 Å². The van der Waals surface area contributed by atoms with Crippen molar-refractivity contribution in [3.63, 3.8) is 0 Å². The smallest absolute Gasteiger partial charge is 0.164 e. The van der Waals surface area contributed by atoms with E-state index in [2.05, 4.69) is 79.8 Å². The molecule has 0 aliphatic carbocycles. The first-order chi connectivity index (χ1) is 10.1. The molecule has 2 aromatic carbocycles. The van der Waals surface area contributed by atoms with E-state index in [1.165, 1.54) is 22.4 Å². The maximum atomic E-state index is 2.18. The highest BCUT2D eigenvalue weighted by Gasteiger charge is 2.05. The number of nitrogens with zero attached hydrogens (tertiary/aromatic N) is 2. The van der Waals surface area contributed by atoms with Crippen LogP contribution in [0.2, 0.25) is 0 Å². The molecule has 0 atom stereocenters. The third-order valence-corrected chi connectivity index (χ3v) is 3.30. The summed E-state index contributed by atoms with van der Waals surface area (Å²) in [5.74, 6) is 0. The largest absolute Gasteiger partial charge is 0.377 e. The van der Waals surface area contributed by atoms with Gasteiger partial charge in [0, 0.05) is 25.9 Å². The summed E-state index contributed by atoms with van der Waals surface area (Å²) in [4.78, 5) is 2.14. The molecule has 0 aliphatic heterocycles. The van der Waals surface area contributed by atoms with E-state index >= 15 is 0 Å². The van der Waals surface area contributed by atoms with Gasteiger partial charge in [0.25, 0.3) is 0 Å². The van der Waals surface area contributed by atoms with Crippen molar-refractivity contribution in [3.8, 4) is 11.1 Å². The summed E-state index contributed by atoms with van der Waals surface area (Å²) >= 11 is 0. The maximum Gasteiger partial charge on any atom is 0.164 e. The first-order valence-electron chi connectivity index (χ1n) is 7.12. The van der Waals surface area contributed by atoms with Gasteiger partial charge in [0.2, 0.25) is 0 Å². The topological polar surface area (TPSA) is 6.25 Å². The number of allylic oxidation sites excluding steroid dienone is 1. The van der Waals surface area contributed by atoms with E-state index in [0.29, 0.717) is 0 Å². The molecule has 0 radical (unpaired) electrons. The van der Waals surface area contributed by atoms with E-state index in [1.54, 1.807) is 0 Å². The number of hydrogen-bond acceptors (Lipinski definition) is 1. The van der Waals surface area contributed by atoms with Gasteiger partial charge in [-0.25, -0.2) is 4.58 Å². The first kappa shape index (κ1) is 15.0. The van der Waals surface area contributed by atoms with Crippen LogP contribution in [-0.4, -0.2) is 43.9 Å². The Bertz CT molecular complexity index is 631. The minimum Gasteiger partial charge on any atom is -0.377 e. The molecule has 21 heavy (non-hydrogen) atoms. The zero-order chi connectivity index (χ0) is 15.2. The molecule has 2 heteroatoms. The average Bonchev–Trinajstić information content (AvgIpc) is 2.48. The van der Waals surface area contributed by atoms with Gasteiger partial charge in [-0.1, -0.05) is 54.6 Å². The summed E-state index contributed by atoms with van der Waals surface area (Å²) in [5, 5.41) is 0. The van der Waals surface area contributed by atoms with Crippen LogP contribution in [0.4, 0.5) is 0 Å². The van der Waals surface area contributed by atoms with E-state index in [-0.39, 0.29) is 0 Å². The van der Waals surface area contributed by atoms with Crippen molar-refractivity contribution in [3.05, 3.63) is 66.2 Å². The second-order valence-electron chi connectivity index (χ2n) is 5.50. The third kappa shape index (κ3) is 4.06. The van der Waals surface area contributed by atoms with Crippen molar-refractivity contribution >= 4 is 11.9 Å². The fourth-order valence-electron chi connectivity index (χ4n) is 2.19. The Morgan fingerprint density at radius 2 is 1.43 bits per heavy atom. The number of rotatable bonds is 4. The minimum atomic E-state index is 1.20. The van der Waals surface area contributed by atoms with Crippen LogP contribution in [-0.2, 0) is 0 Å². The first-order valence-corrected chi connectivity index (χ1v) is 7.12. The molecule has 0 N–H and O–H groups in total. The van der Waals surface area contributed by atoms with Gasteiger partial charge in [-0.15, -0.1) is 0 Å². The summed E-state index contributed by atoms with van der Waals surface area (Å²) < 4.78 is 2.04. The molecule has 2 rings (SSSR count). The van der Waals surface area contributed by atoms with E-state index in [0.717, 1.165) is 0 Å². The lowest BCUT2D eigenvalue weighted by Crippen LogP contribution is -2.11. The van der Waals surface area contributed by atoms with Crippen LogP contribution in [0.5, 0.6) is 0 Å². The minimum absolute atomic E-state index is 1.20. The van der Waals surface area contributed by atoms with Crippen LogP contribution >= 0.6 is 0 Å². The average molecular weight is 279 g/mol. The highest BCUT2D eigenvalue weighted by atomic mass is 15.1. The Balaban J connectivity index is 2.33. The second-order valence-corrected chi connectivity index (χ2v) is 5.50. The molecule has 0 saturated heterocycles. The monoisotopic (exact) mass is 279 g/mol. The Labute approximate surface area is 127 Å². The number of benzene rings is 2. The molecular formula is C19H23N2+. The van der Waals surface area contributed by atoms with E-state index in [4.69, 9.17) is 0 Å². The van der Waals surface area contributed by atoms with E-state index in [9.17, 15) is 0 Å². The van der Waals surface area contributed by atoms with E-state index < -0.39 is 0 Å². The Hall–Kier alpha value is -2.35. The second kappa shape index (κ2) is 6.89. The lowest BCUT2D eigenvalue weighted by Gasteiger charge is -2.17.